The molecule has 0 saturated heterocycles. The van der Waals surface area contributed by atoms with Gasteiger partial charge < -0.3 is 11.1 Å². The van der Waals surface area contributed by atoms with Gasteiger partial charge in [0.05, 0.1) is 17.3 Å². The molecule has 0 saturated carbocycles. The molecule has 1 unspecified atom stereocenters. The maximum Gasteiger partial charge on any atom is 0.229 e. The summed E-state index contributed by atoms with van der Waals surface area (Å²) in [4.78, 5) is 16.0. The average Bonchev–Trinajstić information content (AvgIpc) is 2.22. The Hall–Kier alpha value is -1.13. The van der Waals surface area contributed by atoms with Crippen LogP contribution in [0.25, 0.3) is 0 Å². The van der Waals surface area contributed by atoms with E-state index in [4.69, 9.17) is 17.3 Å². The molecule has 0 aromatic carbocycles. The first-order valence-corrected chi connectivity index (χ1v) is 5.97. The van der Waals surface area contributed by atoms with E-state index in [1.165, 1.54) is 0 Å². The molecular weight excluding hydrogens is 238 g/mol. The Morgan fingerprint density at radius 1 is 1.53 bits per heavy atom. The van der Waals surface area contributed by atoms with Crippen LogP contribution < -0.4 is 11.1 Å². The second kappa shape index (κ2) is 5.98. The molecule has 1 amide bonds. The van der Waals surface area contributed by atoms with Crippen molar-refractivity contribution in [1.82, 2.24) is 4.98 Å². The molecule has 0 aliphatic heterocycles. The molecule has 1 rings (SSSR count). The summed E-state index contributed by atoms with van der Waals surface area (Å²) in [6.45, 7) is 6.09. The Balaban J connectivity index is 2.80. The van der Waals surface area contributed by atoms with Crippen LogP contribution in [-0.4, -0.2) is 17.4 Å². The Labute approximate surface area is 107 Å². The zero-order valence-corrected chi connectivity index (χ0v) is 11.1. The molecule has 17 heavy (non-hydrogen) atoms. The van der Waals surface area contributed by atoms with Gasteiger partial charge in [0.2, 0.25) is 5.91 Å². The summed E-state index contributed by atoms with van der Waals surface area (Å²) in [5.74, 6) is -0.0552. The lowest BCUT2D eigenvalue weighted by molar-refractivity contribution is -0.120. The van der Waals surface area contributed by atoms with Gasteiger partial charge in [-0.1, -0.05) is 25.4 Å². The molecule has 1 heterocycles. The quantitative estimate of drug-likeness (QED) is 0.811. The van der Waals surface area contributed by atoms with Gasteiger partial charge in [0, 0.05) is 6.54 Å². The van der Waals surface area contributed by atoms with Crippen molar-refractivity contribution in [3.8, 4) is 0 Å². The number of halogens is 1. The van der Waals surface area contributed by atoms with Crippen LogP contribution in [-0.2, 0) is 4.79 Å². The number of hydrogen-bond acceptors (Lipinski definition) is 3. The molecule has 1 aromatic heterocycles. The highest BCUT2D eigenvalue weighted by Crippen LogP contribution is 2.18. The fraction of sp³-hybridized carbons (Fsp3) is 0.500. The maximum absolute atomic E-state index is 12.0. The molecular formula is C12H18ClN3O. The van der Waals surface area contributed by atoms with Crippen LogP contribution in [0.1, 0.15) is 19.5 Å². The third-order valence-electron chi connectivity index (χ3n) is 2.71. The first-order valence-electron chi connectivity index (χ1n) is 5.59. The zero-order valence-electron chi connectivity index (χ0n) is 10.3. The van der Waals surface area contributed by atoms with E-state index in [0.29, 0.717) is 23.1 Å². The van der Waals surface area contributed by atoms with Crippen molar-refractivity contribution in [3.63, 3.8) is 0 Å². The second-order valence-electron chi connectivity index (χ2n) is 4.34. The van der Waals surface area contributed by atoms with E-state index >= 15 is 0 Å². The minimum absolute atomic E-state index is 0.0743. The van der Waals surface area contributed by atoms with Gasteiger partial charge >= 0.3 is 0 Å². The van der Waals surface area contributed by atoms with Gasteiger partial charge in [-0.25, -0.2) is 4.98 Å². The van der Waals surface area contributed by atoms with E-state index in [2.05, 4.69) is 10.3 Å². The molecule has 0 aliphatic carbocycles. The third kappa shape index (κ3) is 3.68. The van der Waals surface area contributed by atoms with E-state index in [1.54, 1.807) is 19.1 Å². The number of amides is 1. The summed E-state index contributed by atoms with van der Waals surface area (Å²) in [6.07, 6.45) is 0. The Bertz CT molecular complexity index is 407. The number of aromatic nitrogens is 1. The van der Waals surface area contributed by atoms with Crippen LogP contribution in [0.4, 0.5) is 5.69 Å². The van der Waals surface area contributed by atoms with Crippen molar-refractivity contribution in [2.24, 2.45) is 17.6 Å². The predicted octanol–water partition coefficient (Wildman–Crippen LogP) is 2.21. The highest BCUT2D eigenvalue weighted by molar-refractivity contribution is 6.29. The summed E-state index contributed by atoms with van der Waals surface area (Å²) in [5, 5.41) is 3.25. The monoisotopic (exact) mass is 255 g/mol. The molecule has 94 valence electrons. The summed E-state index contributed by atoms with van der Waals surface area (Å²) in [5.41, 5.74) is 6.97. The van der Waals surface area contributed by atoms with Crippen LogP contribution in [0.2, 0.25) is 5.15 Å². The standard InChI is InChI=1S/C12H18ClN3O/c1-7(2)9(6-14)12(17)16-10-4-5-11(13)15-8(10)3/h4-5,7,9H,6,14H2,1-3H3,(H,16,17). The zero-order chi connectivity index (χ0) is 13.0. The van der Waals surface area contributed by atoms with Crippen molar-refractivity contribution >= 4 is 23.2 Å². The lowest BCUT2D eigenvalue weighted by atomic mass is 9.95. The molecule has 1 aromatic rings. The molecule has 5 heteroatoms. The SMILES string of the molecule is Cc1nc(Cl)ccc1NC(=O)C(CN)C(C)C. The number of carbonyl (C=O) groups is 1. The van der Waals surface area contributed by atoms with E-state index < -0.39 is 0 Å². The number of hydrogen-bond donors (Lipinski definition) is 2. The molecule has 0 fully saturated rings. The third-order valence-corrected chi connectivity index (χ3v) is 2.92. The summed E-state index contributed by atoms with van der Waals surface area (Å²) < 4.78 is 0. The van der Waals surface area contributed by atoms with Crippen LogP contribution in [0.3, 0.4) is 0 Å². The van der Waals surface area contributed by atoms with Crippen molar-refractivity contribution in [1.29, 1.82) is 0 Å². The first-order chi connectivity index (χ1) is 7.95. The number of pyridine rings is 1. The van der Waals surface area contributed by atoms with Crippen molar-refractivity contribution in [2.45, 2.75) is 20.8 Å². The predicted molar refractivity (Wildman–Crippen MR) is 70.0 cm³/mol. The Kier molecular flexibility index (Phi) is 4.90. The fourth-order valence-electron chi connectivity index (χ4n) is 1.57. The number of rotatable bonds is 4. The van der Waals surface area contributed by atoms with Crippen LogP contribution in [0, 0.1) is 18.8 Å². The molecule has 0 radical (unpaired) electrons. The van der Waals surface area contributed by atoms with Gasteiger partial charge in [0.25, 0.3) is 0 Å². The maximum atomic E-state index is 12.0. The fourth-order valence-corrected chi connectivity index (χ4v) is 1.76. The molecule has 4 nitrogen and oxygen atoms in total. The molecule has 0 aliphatic rings. The van der Waals surface area contributed by atoms with E-state index in [-0.39, 0.29) is 17.7 Å². The topological polar surface area (TPSA) is 68.0 Å². The lowest BCUT2D eigenvalue weighted by Gasteiger charge is -2.18. The molecule has 1 atom stereocenters. The van der Waals surface area contributed by atoms with Gasteiger partial charge in [-0.05, 0) is 25.0 Å². The summed E-state index contributed by atoms with van der Waals surface area (Å²) in [7, 11) is 0. The molecule has 0 spiro atoms. The Morgan fingerprint density at radius 2 is 2.18 bits per heavy atom. The normalized spacial score (nSPS) is 12.6. The van der Waals surface area contributed by atoms with Crippen LogP contribution >= 0.6 is 11.6 Å². The van der Waals surface area contributed by atoms with Gasteiger partial charge in [0.1, 0.15) is 5.15 Å². The van der Waals surface area contributed by atoms with Gasteiger partial charge in [0.15, 0.2) is 0 Å². The largest absolute Gasteiger partial charge is 0.330 e. The minimum Gasteiger partial charge on any atom is -0.330 e. The van der Waals surface area contributed by atoms with Crippen molar-refractivity contribution in [2.75, 3.05) is 11.9 Å². The molecule has 3 N–H and O–H groups in total. The van der Waals surface area contributed by atoms with Crippen LogP contribution in [0.5, 0.6) is 0 Å². The first kappa shape index (κ1) is 13.9. The average molecular weight is 256 g/mol. The van der Waals surface area contributed by atoms with Crippen molar-refractivity contribution < 1.29 is 4.79 Å². The summed E-state index contributed by atoms with van der Waals surface area (Å²) in [6, 6.07) is 3.40. The number of anilines is 1. The van der Waals surface area contributed by atoms with E-state index in [9.17, 15) is 4.79 Å². The number of aryl methyl sites for hydroxylation is 1. The smallest absolute Gasteiger partial charge is 0.229 e. The second-order valence-corrected chi connectivity index (χ2v) is 4.73. The van der Waals surface area contributed by atoms with Crippen LogP contribution in [0.15, 0.2) is 12.1 Å². The highest BCUT2D eigenvalue weighted by atomic mass is 35.5. The van der Waals surface area contributed by atoms with Gasteiger partial charge in [-0.2, -0.15) is 0 Å². The Morgan fingerprint density at radius 3 is 2.65 bits per heavy atom. The van der Waals surface area contributed by atoms with E-state index in [1.807, 2.05) is 13.8 Å². The highest BCUT2D eigenvalue weighted by Gasteiger charge is 2.21. The minimum atomic E-state index is -0.190. The lowest BCUT2D eigenvalue weighted by Crippen LogP contribution is -2.33. The number of carbonyl (C=O) groups excluding carboxylic acids is 1. The van der Waals surface area contributed by atoms with Gasteiger partial charge in [-0.15, -0.1) is 0 Å². The number of nitrogens with zero attached hydrogens (tertiary/aromatic N) is 1. The number of nitrogens with one attached hydrogen (secondary N) is 1. The number of nitrogens with two attached hydrogens (primary N) is 1. The molecule has 0 bridgehead atoms. The van der Waals surface area contributed by atoms with Gasteiger partial charge in [-0.3, -0.25) is 4.79 Å². The summed E-state index contributed by atoms with van der Waals surface area (Å²) >= 11 is 5.75. The van der Waals surface area contributed by atoms with E-state index in [0.717, 1.165) is 0 Å². The van der Waals surface area contributed by atoms with Crippen molar-refractivity contribution in [3.05, 3.63) is 23.0 Å².